The molecule has 1 aromatic carbocycles. The van der Waals surface area contributed by atoms with Gasteiger partial charge in [0.15, 0.2) is 0 Å². The second-order valence-electron chi connectivity index (χ2n) is 3.83. The fourth-order valence-corrected chi connectivity index (χ4v) is 1.52. The highest BCUT2D eigenvalue weighted by Crippen LogP contribution is 2.12. The van der Waals surface area contributed by atoms with Crippen LogP contribution in [0.3, 0.4) is 0 Å². The largest absolute Gasteiger partial charge is 0.480 e. The monoisotopic (exact) mass is 259 g/mol. The van der Waals surface area contributed by atoms with Crippen LogP contribution in [0, 0.1) is 11.6 Å². The van der Waals surface area contributed by atoms with Gasteiger partial charge in [-0.05, 0) is 6.07 Å². The fraction of sp³-hybridized carbons (Fsp3) is 0.417. The number of aliphatic carboxylic acids is 1. The SMILES string of the molecule is COCCN(CC(=O)O)Cc1ccc(F)cc1F. The first-order chi connectivity index (χ1) is 8.52. The standard InChI is InChI=1S/C12H15F2NO3/c1-18-5-4-15(8-12(16)17)7-9-2-3-10(13)6-11(9)14/h2-3,6H,4-5,7-8H2,1H3,(H,16,17). The molecule has 0 saturated carbocycles. The van der Waals surface area contributed by atoms with E-state index >= 15 is 0 Å². The fourth-order valence-electron chi connectivity index (χ4n) is 1.52. The van der Waals surface area contributed by atoms with Crippen molar-refractivity contribution in [3.63, 3.8) is 0 Å². The van der Waals surface area contributed by atoms with Crippen molar-refractivity contribution in [2.75, 3.05) is 26.8 Å². The number of hydrogen-bond donors (Lipinski definition) is 1. The maximum Gasteiger partial charge on any atom is 0.317 e. The Bertz CT molecular complexity index is 412. The van der Waals surface area contributed by atoms with Crippen LogP contribution >= 0.6 is 0 Å². The molecule has 0 aliphatic heterocycles. The van der Waals surface area contributed by atoms with E-state index in [2.05, 4.69) is 0 Å². The molecule has 0 atom stereocenters. The highest BCUT2D eigenvalue weighted by molar-refractivity contribution is 5.69. The first-order valence-corrected chi connectivity index (χ1v) is 5.40. The summed E-state index contributed by atoms with van der Waals surface area (Å²) >= 11 is 0. The quantitative estimate of drug-likeness (QED) is 0.806. The van der Waals surface area contributed by atoms with E-state index < -0.39 is 17.6 Å². The van der Waals surface area contributed by atoms with Crippen LogP contribution in [-0.2, 0) is 16.1 Å². The number of carboxylic acids is 1. The number of hydrogen-bond acceptors (Lipinski definition) is 3. The van der Waals surface area contributed by atoms with Gasteiger partial charge in [0, 0.05) is 31.8 Å². The summed E-state index contributed by atoms with van der Waals surface area (Å²) in [4.78, 5) is 12.2. The van der Waals surface area contributed by atoms with Crippen molar-refractivity contribution in [1.29, 1.82) is 0 Å². The normalized spacial score (nSPS) is 10.9. The van der Waals surface area contributed by atoms with Crippen molar-refractivity contribution in [3.05, 3.63) is 35.4 Å². The molecule has 1 N–H and O–H groups in total. The van der Waals surface area contributed by atoms with Gasteiger partial charge in [-0.2, -0.15) is 0 Å². The third-order valence-corrected chi connectivity index (χ3v) is 2.38. The molecule has 0 spiro atoms. The first-order valence-electron chi connectivity index (χ1n) is 5.40. The lowest BCUT2D eigenvalue weighted by molar-refractivity contribution is -0.138. The number of halogens is 2. The van der Waals surface area contributed by atoms with Gasteiger partial charge in [0.1, 0.15) is 11.6 Å². The molecule has 0 fully saturated rings. The minimum absolute atomic E-state index is 0.0990. The maximum absolute atomic E-state index is 13.4. The smallest absolute Gasteiger partial charge is 0.317 e. The molecule has 0 bridgehead atoms. The summed E-state index contributed by atoms with van der Waals surface area (Å²) in [6, 6.07) is 3.24. The molecule has 0 aliphatic rings. The van der Waals surface area contributed by atoms with E-state index in [1.54, 1.807) is 0 Å². The van der Waals surface area contributed by atoms with Gasteiger partial charge in [-0.1, -0.05) is 6.07 Å². The second kappa shape index (κ2) is 7.03. The lowest BCUT2D eigenvalue weighted by Crippen LogP contribution is -2.32. The Kier molecular flexibility index (Phi) is 5.67. The Morgan fingerprint density at radius 1 is 1.44 bits per heavy atom. The molecule has 4 nitrogen and oxygen atoms in total. The van der Waals surface area contributed by atoms with Crippen LogP contribution in [0.25, 0.3) is 0 Å². The summed E-state index contributed by atoms with van der Waals surface area (Å²) in [5.74, 6) is -2.34. The number of rotatable bonds is 7. The van der Waals surface area contributed by atoms with Crippen molar-refractivity contribution >= 4 is 5.97 Å². The number of ether oxygens (including phenoxy) is 1. The average molecular weight is 259 g/mol. The molecule has 0 unspecified atom stereocenters. The van der Waals surface area contributed by atoms with Crippen LogP contribution < -0.4 is 0 Å². The number of methoxy groups -OCH3 is 1. The van der Waals surface area contributed by atoms with Crippen molar-refractivity contribution in [2.24, 2.45) is 0 Å². The predicted molar refractivity (Wildman–Crippen MR) is 61.1 cm³/mol. The Labute approximate surface area is 104 Å². The zero-order valence-electron chi connectivity index (χ0n) is 10.0. The minimum atomic E-state index is -1.01. The highest BCUT2D eigenvalue weighted by Gasteiger charge is 2.13. The Balaban J connectivity index is 2.71. The van der Waals surface area contributed by atoms with Crippen LogP contribution in [0.5, 0.6) is 0 Å². The summed E-state index contributed by atoms with van der Waals surface area (Å²) in [6.45, 7) is 0.581. The van der Waals surface area contributed by atoms with Crippen molar-refractivity contribution in [2.45, 2.75) is 6.54 Å². The van der Waals surface area contributed by atoms with Gasteiger partial charge in [0.25, 0.3) is 0 Å². The van der Waals surface area contributed by atoms with Crippen LogP contribution in [0.4, 0.5) is 8.78 Å². The summed E-state index contributed by atoms with van der Waals surface area (Å²) < 4.78 is 31.0. The summed E-state index contributed by atoms with van der Waals surface area (Å²) in [7, 11) is 1.50. The van der Waals surface area contributed by atoms with Crippen LogP contribution in [0.1, 0.15) is 5.56 Å². The molecule has 0 amide bonds. The topological polar surface area (TPSA) is 49.8 Å². The van der Waals surface area contributed by atoms with E-state index in [1.165, 1.54) is 18.1 Å². The lowest BCUT2D eigenvalue weighted by Gasteiger charge is -2.20. The minimum Gasteiger partial charge on any atom is -0.480 e. The van der Waals surface area contributed by atoms with Gasteiger partial charge in [0.2, 0.25) is 0 Å². The third kappa shape index (κ3) is 4.77. The summed E-state index contributed by atoms with van der Waals surface area (Å²) in [6.07, 6.45) is 0. The van der Waals surface area contributed by atoms with Crippen LogP contribution in [0.15, 0.2) is 18.2 Å². The average Bonchev–Trinajstić information content (AvgIpc) is 2.29. The number of benzene rings is 1. The Hall–Kier alpha value is -1.53. The van der Waals surface area contributed by atoms with E-state index in [1.807, 2.05) is 0 Å². The lowest BCUT2D eigenvalue weighted by atomic mass is 10.2. The van der Waals surface area contributed by atoms with E-state index in [0.29, 0.717) is 13.2 Å². The molecule has 0 saturated heterocycles. The van der Waals surface area contributed by atoms with E-state index in [-0.39, 0.29) is 18.7 Å². The van der Waals surface area contributed by atoms with Gasteiger partial charge >= 0.3 is 5.97 Å². The summed E-state index contributed by atoms with van der Waals surface area (Å²) in [5, 5.41) is 8.74. The first kappa shape index (κ1) is 14.5. The van der Waals surface area contributed by atoms with Crippen LogP contribution in [0.2, 0.25) is 0 Å². The number of carboxylic acid groups (broad SMARTS) is 1. The van der Waals surface area contributed by atoms with E-state index in [0.717, 1.165) is 12.1 Å². The highest BCUT2D eigenvalue weighted by atomic mass is 19.1. The van der Waals surface area contributed by atoms with Gasteiger partial charge in [-0.3, -0.25) is 9.69 Å². The zero-order valence-corrected chi connectivity index (χ0v) is 10.0. The maximum atomic E-state index is 13.4. The van der Waals surface area contributed by atoms with E-state index in [4.69, 9.17) is 9.84 Å². The molecular formula is C12H15F2NO3. The Morgan fingerprint density at radius 2 is 2.17 bits per heavy atom. The van der Waals surface area contributed by atoms with Crippen LogP contribution in [-0.4, -0.2) is 42.8 Å². The number of carbonyl (C=O) groups is 1. The molecule has 0 heterocycles. The molecule has 1 rings (SSSR count). The van der Waals surface area contributed by atoms with Gasteiger partial charge in [-0.15, -0.1) is 0 Å². The zero-order chi connectivity index (χ0) is 13.5. The van der Waals surface area contributed by atoms with Gasteiger partial charge in [0.05, 0.1) is 13.2 Å². The van der Waals surface area contributed by atoms with Crippen molar-refractivity contribution in [1.82, 2.24) is 4.90 Å². The van der Waals surface area contributed by atoms with E-state index in [9.17, 15) is 13.6 Å². The predicted octanol–water partition coefficient (Wildman–Crippen LogP) is 1.50. The number of nitrogens with zero attached hydrogens (tertiary/aromatic N) is 1. The molecule has 0 aromatic heterocycles. The van der Waals surface area contributed by atoms with Crippen molar-refractivity contribution in [3.8, 4) is 0 Å². The molecule has 1 aromatic rings. The summed E-state index contributed by atoms with van der Waals surface area (Å²) in [5.41, 5.74) is 0.258. The van der Waals surface area contributed by atoms with Crippen molar-refractivity contribution < 1.29 is 23.4 Å². The second-order valence-corrected chi connectivity index (χ2v) is 3.83. The molecule has 6 heteroatoms. The molecular weight excluding hydrogens is 244 g/mol. The molecule has 0 radical (unpaired) electrons. The Morgan fingerprint density at radius 3 is 2.72 bits per heavy atom. The van der Waals surface area contributed by atoms with Gasteiger partial charge in [-0.25, -0.2) is 8.78 Å². The molecule has 100 valence electrons. The van der Waals surface area contributed by atoms with Gasteiger partial charge < -0.3 is 9.84 Å². The molecule has 0 aliphatic carbocycles. The third-order valence-electron chi connectivity index (χ3n) is 2.38. The molecule has 18 heavy (non-hydrogen) atoms.